The van der Waals surface area contributed by atoms with Crippen molar-refractivity contribution in [2.24, 2.45) is 11.3 Å². The molecule has 1 fully saturated rings. The fourth-order valence-corrected chi connectivity index (χ4v) is 2.59. The van der Waals surface area contributed by atoms with Gasteiger partial charge in [0, 0.05) is 13.1 Å². The zero-order valence-electron chi connectivity index (χ0n) is 11.0. The molecule has 0 aliphatic carbocycles. The predicted octanol–water partition coefficient (Wildman–Crippen LogP) is 2.98. The maximum absolute atomic E-state index is 12.2. The van der Waals surface area contributed by atoms with E-state index in [1.165, 1.54) is 12.8 Å². The van der Waals surface area contributed by atoms with Gasteiger partial charge >= 0.3 is 0 Å². The van der Waals surface area contributed by atoms with Crippen LogP contribution in [0.15, 0.2) is 0 Å². The maximum Gasteiger partial charge on any atom is 0.235 e. The Bertz CT molecular complexity index is 248. The average Bonchev–Trinajstić information content (AvgIpc) is 2.72. The molecule has 0 radical (unpaired) electrons. The van der Waals surface area contributed by atoms with E-state index in [0.717, 1.165) is 19.5 Å². The van der Waals surface area contributed by atoms with Crippen LogP contribution in [-0.2, 0) is 4.79 Å². The van der Waals surface area contributed by atoms with E-state index < -0.39 is 0 Å². The third kappa shape index (κ3) is 2.73. The number of rotatable bonds is 4. The smallest absolute Gasteiger partial charge is 0.235 e. The topological polar surface area (TPSA) is 20.3 Å². The molecule has 1 amide bonds. The molecule has 0 aromatic rings. The Labute approximate surface area is 105 Å². The van der Waals surface area contributed by atoms with E-state index in [-0.39, 0.29) is 11.2 Å². The quantitative estimate of drug-likeness (QED) is 0.753. The minimum atomic E-state index is -0.135. The lowest BCUT2D eigenvalue weighted by molar-refractivity contribution is -0.130. The fourth-order valence-electron chi connectivity index (χ4n) is 2.42. The molecule has 1 aliphatic heterocycles. The molecule has 1 rings (SSSR count). The fraction of sp³-hybridized carbons (Fsp3) is 0.923. The molecule has 1 saturated heterocycles. The highest BCUT2D eigenvalue weighted by atomic mass is 32.1. The van der Waals surface area contributed by atoms with E-state index in [4.69, 9.17) is 0 Å². The average molecular weight is 243 g/mol. The Balaban J connectivity index is 2.62. The molecule has 94 valence electrons. The summed E-state index contributed by atoms with van der Waals surface area (Å²) in [5.41, 5.74) is 0.375. The van der Waals surface area contributed by atoms with Crippen molar-refractivity contribution in [2.75, 3.05) is 13.1 Å². The molecular weight excluding hydrogens is 218 g/mol. The van der Waals surface area contributed by atoms with Crippen LogP contribution in [0.4, 0.5) is 0 Å². The third-order valence-corrected chi connectivity index (χ3v) is 4.95. The number of hydrogen-bond donors (Lipinski definition) is 1. The van der Waals surface area contributed by atoms with Gasteiger partial charge in [0.1, 0.15) is 0 Å². The lowest BCUT2D eigenvalue weighted by Gasteiger charge is -2.28. The van der Waals surface area contributed by atoms with Gasteiger partial charge in [-0.25, -0.2) is 0 Å². The van der Waals surface area contributed by atoms with E-state index in [0.29, 0.717) is 11.3 Å². The van der Waals surface area contributed by atoms with Crippen LogP contribution in [0.2, 0.25) is 0 Å². The Morgan fingerprint density at radius 3 is 2.31 bits per heavy atom. The molecule has 3 heteroatoms. The normalized spacial score (nSPS) is 21.5. The lowest BCUT2D eigenvalue weighted by Crippen LogP contribution is -2.38. The van der Waals surface area contributed by atoms with Crippen LogP contribution in [0.5, 0.6) is 0 Å². The summed E-state index contributed by atoms with van der Waals surface area (Å²) in [5, 5.41) is -0.135. The van der Waals surface area contributed by atoms with Gasteiger partial charge in [0.25, 0.3) is 0 Å². The van der Waals surface area contributed by atoms with Gasteiger partial charge in [0.15, 0.2) is 0 Å². The molecule has 0 aromatic carbocycles. The summed E-state index contributed by atoms with van der Waals surface area (Å²) in [6, 6.07) is 0. The SMILES string of the molecule is CCC1(CC)CCN(C(=O)C(S)C(C)C)C1. The maximum atomic E-state index is 12.2. The van der Waals surface area contributed by atoms with Crippen molar-refractivity contribution in [1.82, 2.24) is 4.90 Å². The molecule has 2 nitrogen and oxygen atoms in total. The van der Waals surface area contributed by atoms with Crippen LogP contribution < -0.4 is 0 Å². The highest BCUT2D eigenvalue weighted by molar-refractivity contribution is 7.81. The summed E-state index contributed by atoms with van der Waals surface area (Å²) in [6.07, 6.45) is 3.50. The third-order valence-electron chi connectivity index (χ3n) is 4.13. The first-order valence-electron chi connectivity index (χ1n) is 6.42. The van der Waals surface area contributed by atoms with Gasteiger partial charge < -0.3 is 4.90 Å². The van der Waals surface area contributed by atoms with Gasteiger partial charge in [-0.05, 0) is 30.6 Å². The van der Waals surface area contributed by atoms with Gasteiger partial charge in [-0.15, -0.1) is 0 Å². The number of likely N-dealkylation sites (tertiary alicyclic amines) is 1. The van der Waals surface area contributed by atoms with Gasteiger partial charge in [-0.1, -0.05) is 27.7 Å². The number of carbonyl (C=O) groups is 1. The summed E-state index contributed by atoms with van der Waals surface area (Å²) in [6.45, 7) is 10.4. The van der Waals surface area contributed by atoms with Crippen molar-refractivity contribution >= 4 is 18.5 Å². The number of nitrogens with zero attached hydrogens (tertiary/aromatic N) is 1. The van der Waals surface area contributed by atoms with Crippen LogP contribution >= 0.6 is 12.6 Å². The molecule has 1 aliphatic rings. The van der Waals surface area contributed by atoms with E-state index in [2.05, 4.69) is 40.3 Å². The number of hydrogen-bond acceptors (Lipinski definition) is 2. The second-order valence-corrected chi connectivity index (χ2v) is 5.96. The van der Waals surface area contributed by atoms with Crippen LogP contribution in [0.1, 0.15) is 47.0 Å². The number of thiol groups is 1. The molecule has 0 aromatic heterocycles. The predicted molar refractivity (Wildman–Crippen MR) is 71.8 cm³/mol. The summed E-state index contributed by atoms with van der Waals surface area (Å²) < 4.78 is 0. The van der Waals surface area contributed by atoms with Gasteiger partial charge in [0.05, 0.1) is 5.25 Å². The molecular formula is C13H25NOS. The largest absolute Gasteiger partial charge is 0.341 e. The van der Waals surface area contributed by atoms with Crippen molar-refractivity contribution < 1.29 is 4.79 Å². The minimum absolute atomic E-state index is 0.135. The molecule has 16 heavy (non-hydrogen) atoms. The Morgan fingerprint density at radius 1 is 1.38 bits per heavy atom. The highest BCUT2D eigenvalue weighted by Gasteiger charge is 2.38. The highest BCUT2D eigenvalue weighted by Crippen LogP contribution is 2.37. The number of carbonyl (C=O) groups excluding carboxylic acids is 1. The van der Waals surface area contributed by atoms with Crippen LogP contribution in [-0.4, -0.2) is 29.1 Å². The molecule has 1 unspecified atom stereocenters. The monoisotopic (exact) mass is 243 g/mol. The molecule has 0 bridgehead atoms. The first kappa shape index (κ1) is 13.9. The van der Waals surface area contributed by atoms with Crippen molar-refractivity contribution in [1.29, 1.82) is 0 Å². The second kappa shape index (κ2) is 5.44. The van der Waals surface area contributed by atoms with Crippen molar-refractivity contribution in [3.8, 4) is 0 Å². The van der Waals surface area contributed by atoms with Crippen LogP contribution in [0.25, 0.3) is 0 Å². The molecule has 1 atom stereocenters. The van der Waals surface area contributed by atoms with E-state index >= 15 is 0 Å². The summed E-state index contributed by atoms with van der Waals surface area (Å²) in [4.78, 5) is 14.2. The van der Waals surface area contributed by atoms with Gasteiger partial charge in [-0.2, -0.15) is 12.6 Å². The Kier molecular flexibility index (Phi) is 4.72. The lowest BCUT2D eigenvalue weighted by atomic mass is 9.82. The zero-order valence-corrected chi connectivity index (χ0v) is 11.9. The van der Waals surface area contributed by atoms with Gasteiger partial charge in [0.2, 0.25) is 5.91 Å². The summed E-state index contributed by atoms with van der Waals surface area (Å²) >= 11 is 4.42. The molecule has 0 saturated carbocycles. The minimum Gasteiger partial charge on any atom is -0.341 e. The molecule has 0 spiro atoms. The summed E-state index contributed by atoms with van der Waals surface area (Å²) in [7, 11) is 0. The second-order valence-electron chi connectivity index (χ2n) is 5.41. The van der Waals surface area contributed by atoms with Crippen molar-refractivity contribution in [2.45, 2.75) is 52.2 Å². The first-order valence-corrected chi connectivity index (χ1v) is 6.94. The van der Waals surface area contributed by atoms with E-state index in [1.54, 1.807) is 0 Å². The van der Waals surface area contributed by atoms with Gasteiger partial charge in [-0.3, -0.25) is 4.79 Å². The van der Waals surface area contributed by atoms with Crippen molar-refractivity contribution in [3.63, 3.8) is 0 Å². The van der Waals surface area contributed by atoms with Crippen LogP contribution in [0, 0.1) is 11.3 Å². The van der Waals surface area contributed by atoms with E-state index in [1.807, 2.05) is 4.90 Å². The van der Waals surface area contributed by atoms with Crippen molar-refractivity contribution in [3.05, 3.63) is 0 Å². The molecule has 1 heterocycles. The summed E-state index contributed by atoms with van der Waals surface area (Å²) in [5.74, 6) is 0.538. The van der Waals surface area contributed by atoms with Crippen LogP contribution in [0.3, 0.4) is 0 Å². The van der Waals surface area contributed by atoms with E-state index in [9.17, 15) is 4.79 Å². The Morgan fingerprint density at radius 2 is 1.94 bits per heavy atom. The standard InChI is InChI=1S/C13H25NOS/c1-5-13(6-2)7-8-14(9-13)12(15)11(16)10(3)4/h10-11,16H,5-9H2,1-4H3. The Hall–Kier alpha value is -0.180. The molecule has 0 N–H and O–H groups in total. The number of amides is 1. The zero-order chi connectivity index (χ0) is 12.3. The first-order chi connectivity index (χ1) is 7.45.